The molecule has 0 saturated carbocycles. The molecule has 1 amide bonds. The molecule has 2 rings (SSSR count). The molecule has 0 bridgehead atoms. The first-order valence-electron chi connectivity index (χ1n) is 5.91. The molecule has 1 N–H and O–H groups in total. The fraction of sp³-hybridized carbons (Fsp3) is 0.417. The monoisotopic (exact) mass is 315 g/mol. The summed E-state index contributed by atoms with van der Waals surface area (Å²) in [7, 11) is 1.73. The Balaban J connectivity index is 2.00. The maximum Gasteiger partial charge on any atom is 0.327 e. The Hall–Kier alpha value is -1.47. The molecule has 1 atom stereocenters. The molecule has 2 heterocycles. The Morgan fingerprint density at radius 1 is 1.60 bits per heavy atom. The third-order valence-electron chi connectivity index (χ3n) is 2.96. The van der Waals surface area contributed by atoms with Crippen LogP contribution in [0.3, 0.4) is 0 Å². The zero-order valence-corrected chi connectivity index (χ0v) is 12.4. The molecular weight excluding hydrogens is 302 g/mol. The number of carboxylic acids is 1. The lowest BCUT2D eigenvalue weighted by Gasteiger charge is -2.24. The molecule has 0 aromatic carbocycles. The largest absolute Gasteiger partial charge is 0.480 e. The molecule has 0 unspecified atom stereocenters. The standard InChI is InChI=1S/C12H14ClN3O3S/c1-15(10-3-2-8(13)4-14-10)5-11(17)16-7-20-6-9(16)12(18)19/h2-4,9H,5-7H2,1H3,(H,18,19)/t9-/m0/s1. The SMILES string of the molecule is CN(CC(=O)N1CSC[C@H]1C(=O)O)c1ccc(Cl)cn1. The van der Waals surface area contributed by atoms with Gasteiger partial charge in [0.15, 0.2) is 0 Å². The number of amides is 1. The Morgan fingerprint density at radius 2 is 2.35 bits per heavy atom. The number of halogens is 1. The third kappa shape index (κ3) is 3.34. The van der Waals surface area contributed by atoms with Crippen molar-refractivity contribution in [2.24, 2.45) is 0 Å². The number of aromatic nitrogens is 1. The summed E-state index contributed by atoms with van der Waals surface area (Å²) in [4.78, 5) is 30.4. The van der Waals surface area contributed by atoms with Crippen molar-refractivity contribution in [1.82, 2.24) is 9.88 Å². The van der Waals surface area contributed by atoms with Crippen LogP contribution in [-0.4, -0.2) is 58.1 Å². The second kappa shape index (κ2) is 6.32. The van der Waals surface area contributed by atoms with Gasteiger partial charge < -0.3 is 14.9 Å². The fourth-order valence-corrected chi connectivity index (χ4v) is 3.15. The van der Waals surface area contributed by atoms with E-state index in [0.717, 1.165) is 0 Å². The number of hydrogen-bond donors (Lipinski definition) is 1. The van der Waals surface area contributed by atoms with Crippen molar-refractivity contribution in [3.8, 4) is 0 Å². The number of aliphatic carboxylic acids is 1. The Kier molecular flexibility index (Phi) is 4.72. The predicted octanol–water partition coefficient (Wildman–Crippen LogP) is 1.16. The number of rotatable bonds is 4. The van der Waals surface area contributed by atoms with Crippen LogP contribution in [0.1, 0.15) is 0 Å². The van der Waals surface area contributed by atoms with Crippen molar-refractivity contribution in [3.63, 3.8) is 0 Å². The lowest BCUT2D eigenvalue weighted by atomic mass is 10.3. The van der Waals surface area contributed by atoms with Crippen LogP contribution in [0.25, 0.3) is 0 Å². The van der Waals surface area contributed by atoms with Crippen LogP contribution < -0.4 is 4.90 Å². The molecule has 8 heteroatoms. The van der Waals surface area contributed by atoms with Gasteiger partial charge in [0.1, 0.15) is 11.9 Å². The van der Waals surface area contributed by atoms with Gasteiger partial charge in [0.25, 0.3) is 0 Å². The second-order valence-electron chi connectivity index (χ2n) is 4.41. The number of anilines is 1. The Labute approximate surface area is 125 Å². The quantitative estimate of drug-likeness (QED) is 0.898. The highest BCUT2D eigenvalue weighted by Gasteiger charge is 2.34. The molecule has 20 heavy (non-hydrogen) atoms. The van der Waals surface area contributed by atoms with E-state index >= 15 is 0 Å². The van der Waals surface area contributed by atoms with Gasteiger partial charge in [0.05, 0.1) is 17.4 Å². The lowest BCUT2D eigenvalue weighted by molar-refractivity contribution is -0.147. The van der Waals surface area contributed by atoms with E-state index in [1.807, 2.05) is 0 Å². The van der Waals surface area contributed by atoms with Crippen molar-refractivity contribution < 1.29 is 14.7 Å². The summed E-state index contributed by atoms with van der Waals surface area (Å²) in [6.07, 6.45) is 1.50. The van der Waals surface area contributed by atoms with Gasteiger partial charge in [-0.3, -0.25) is 4.79 Å². The van der Waals surface area contributed by atoms with Crippen LogP contribution >= 0.6 is 23.4 Å². The summed E-state index contributed by atoms with van der Waals surface area (Å²) in [6, 6.07) is 2.67. The normalized spacial score (nSPS) is 18.1. The topological polar surface area (TPSA) is 73.7 Å². The number of carbonyl (C=O) groups is 2. The highest BCUT2D eigenvalue weighted by molar-refractivity contribution is 7.99. The molecule has 0 spiro atoms. The zero-order chi connectivity index (χ0) is 14.7. The number of pyridine rings is 1. The maximum absolute atomic E-state index is 12.2. The molecule has 108 valence electrons. The number of nitrogens with zero attached hydrogens (tertiary/aromatic N) is 3. The summed E-state index contributed by atoms with van der Waals surface area (Å²) in [6.45, 7) is 0.0823. The van der Waals surface area contributed by atoms with Gasteiger partial charge in [-0.25, -0.2) is 9.78 Å². The first-order valence-corrected chi connectivity index (χ1v) is 7.45. The molecular formula is C12H14ClN3O3S. The van der Waals surface area contributed by atoms with Gasteiger partial charge in [-0.1, -0.05) is 11.6 Å². The highest BCUT2D eigenvalue weighted by atomic mass is 35.5. The van der Waals surface area contributed by atoms with E-state index in [2.05, 4.69) is 4.98 Å². The van der Waals surface area contributed by atoms with Crippen molar-refractivity contribution in [2.45, 2.75) is 6.04 Å². The molecule has 1 fully saturated rings. The van der Waals surface area contributed by atoms with E-state index in [4.69, 9.17) is 16.7 Å². The summed E-state index contributed by atoms with van der Waals surface area (Å²) in [5.41, 5.74) is 0. The summed E-state index contributed by atoms with van der Waals surface area (Å²) < 4.78 is 0. The highest BCUT2D eigenvalue weighted by Crippen LogP contribution is 2.21. The van der Waals surface area contributed by atoms with Crippen LogP contribution in [0.15, 0.2) is 18.3 Å². The van der Waals surface area contributed by atoms with Crippen LogP contribution in [0.4, 0.5) is 5.82 Å². The van der Waals surface area contributed by atoms with E-state index in [1.165, 1.54) is 22.9 Å². The number of hydrogen-bond acceptors (Lipinski definition) is 5. The van der Waals surface area contributed by atoms with E-state index < -0.39 is 12.0 Å². The summed E-state index contributed by atoms with van der Waals surface area (Å²) in [5.74, 6) is 0.278. The number of carboxylic acid groups (broad SMARTS) is 1. The third-order valence-corrected chi connectivity index (χ3v) is 4.20. The Morgan fingerprint density at radius 3 is 2.95 bits per heavy atom. The van der Waals surface area contributed by atoms with Crippen molar-refractivity contribution >= 4 is 41.1 Å². The van der Waals surface area contributed by atoms with E-state index in [9.17, 15) is 9.59 Å². The van der Waals surface area contributed by atoms with Crippen molar-refractivity contribution in [3.05, 3.63) is 23.4 Å². The second-order valence-corrected chi connectivity index (χ2v) is 5.84. The number of likely N-dealkylation sites (N-methyl/N-ethyl adjacent to an activating group) is 1. The molecule has 0 aliphatic carbocycles. The maximum atomic E-state index is 12.2. The lowest BCUT2D eigenvalue weighted by Crippen LogP contribution is -2.45. The molecule has 1 aromatic heterocycles. The zero-order valence-electron chi connectivity index (χ0n) is 10.8. The Bertz CT molecular complexity index is 511. The van der Waals surface area contributed by atoms with Gasteiger partial charge in [-0.15, -0.1) is 11.8 Å². The van der Waals surface area contributed by atoms with Crippen LogP contribution in [0.2, 0.25) is 5.02 Å². The predicted molar refractivity (Wildman–Crippen MR) is 78.1 cm³/mol. The fourth-order valence-electron chi connectivity index (χ4n) is 1.86. The smallest absolute Gasteiger partial charge is 0.327 e. The van der Waals surface area contributed by atoms with E-state index in [0.29, 0.717) is 22.5 Å². The van der Waals surface area contributed by atoms with Gasteiger partial charge in [0.2, 0.25) is 5.91 Å². The minimum atomic E-state index is -0.962. The number of carbonyl (C=O) groups excluding carboxylic acids is 1. The van der Waals surface area contributed by atoms with Gasteiger partial charge in [-0.2, -0.15) is 0 Å². The van der Waals surface area contributed by atoms with E-state index in [-0.39, 0.29) is 12.5 Å². The van der Waals surface area contributed by atoms with Gasteiger partial charge in [-0.05, 0) is 12.1 Å². The molecule has 1 aliphatic rings. The first kappa shape index (κ1) is 14.9. The van der Waals surface area contributed by atoms with E-state index in [1.54, 1.807) is 24.1 Å². The number of thioether (sulfide) groups is 1. The molecule has 1 aromatic rings. The minimum Gasteiger partial charge on any atom is -0.480 e. The molecule has 1 aliphatic heterocycles. The van der Waals surface area contributed by atoms with Crippen molar-refractivity contribution in [1.29, 1.82) is 0 Å². The minimum absolute atomic E-state index is 0.0823. The van der Waals surface area contributed by atoms with Gasteiger partial charge in [0, 0.05) is 19.0 Å². The van der Waals surface area contributed by atoms with Gasteiger partial charge >= 0.3 is 5.97 Å². The van der Waals surface area contributed by atoms with Crippen LogP contribution in [-0.2, 0) is 9.59 Å². The van der Waals surface area contributed by atoms with Crippen molar-refractivity contribution in [2.75, 3.05) is 30.1 Å². The molecule has 0 radical (unpaired) electrons. The average molecular weight is 316 g/mol. The summed E-state index contributed by atoms with van der Waals surface area (Å²) >= 11 is 7.20. The summed E-state index contributed by atoms with van der Waals surface area (Å²) in [5, 5.41) is 9.59. The van der Waals surface area contributed by atoms with Crippen LogP contribution in [0, 0.1) is 0 Å². The molecule has 1 saturated heterocycles. The van der Waals surface area contributed by atoms with Crippen LogP contribution in [0.5, 0.6) is 0 Å². The first-order chi connectivity index (χ1) is 9.49. The molecule has 6 nitrogen and oxygen atoms in total. The average Bonchev–Trinajstić information content (AvgIpc) is 2.88.